The predicted octanol–water partition coefficient (Wildman–Crippen LogP) is 2.99. The molecule has 1 saturated carbocycles. The molecular weight excluding hydrogens is 302 g/mol. The molecule has 2 aliphatic rings. The van der Waals surface area contributed by atoms with Gasteiger partial charge in [-0.05, 0) is 19.8 Å². The first-order valence-corrected chi connectivity index (χ1v) is 9.25. The highest BCUT2D eigenvalue weighted by Crippen LogP contribution is 2.37. The Hall–Kier alpha value is -1.43. The Morgan fingerprint density at radius 2 is 1.83 bits per heavy atom. The van der Waals surface area contributed by atoms with Crippen LogP contribution < -0.4 is 9.80 Å². The van der Waals surface area contributed by atoms with Gasteiger partial charge in [0.25, 0.3) is 0 Å². The van der Waals surface area contributed by atoms with Gasteiger partial charge in [0, 0.05) is 33.1 Å². The van der Waals surface area contributed by atoms with Crippen LogP contribution in [-0.4, -0.2) is 53.8 Å². The van der Waals surface area contributed by atoms with Gasteiger partial charge >= 0.3 is 0 Å². The molecular formula is C18H31N5O. The van der Waals surface area contributed by atoms with Crippen molar-refractivity contribution in [2.75, 3.05) is 37.0 Å². The van der Waals surface area contributed by atoms with Gasteiger partial charge in [0.05, 0.1) is 11.7 Å². The van der Waals surface area contributed by atoms with Gasteiger partial charge in [0.2, 0.25) is 11.9 Å². The summed E-state index contributed by atoms with van der Waals surface area (Å²) in [5.74, 6) is 2.69. The van der Waals surface area contributed by atoms with Gasteiger partial charge in [0.15, 0.2) is 0 Å². The first kappa shape index (κ1) is 17.4. The van der Waals surface area contributed by atoms with Crippen LogP contribution in [0.3, 0.4) is 0 Å². The predicted molar refractivity (Wildman–Crippen MR) is 96.8 cm³/mol. The van der Waals surface area contributed by atoms with Crippen molar-refractivity contribution >= 4 is 11.9 Å². The van der Waals surface area contributed by atoms with E-state index in [4.69, 9.17) is 14.7 Å². The maximum atomic E-state index is 6.40. The summed E-state index contributed by atoms with van der Waals surface area (Å²) in [6, 6.07) is 0. The van der Waals surface area contributed by atoms with Crippen molar-refractivity contribution in [1.29, 1.82) is 0 Å². The molecule has 1 aromatic heterocycles. The number of morpholine rings is 1. The largest absolute Gasteiger partial charge is 0.368 e. The van der Waals surface area contributed by atoms with E-state index in [0.717, 1.165) is 43.7 Å². The van der Waals surface area contributed by atoms with E-state index in [1.807, 2.05) is 19.0 Å². The standard InChI is InChI=1S/C18H31N5O/c1-13(2)15-19-16(22(4)5)21-17(20-15)23-11-14(3)24-18(12-23)9-7-6-8-10-18/h13-14H,6-12H2,1-5H3. The fraction of sp³-hybridized carbons (Fsp3) is 0.833. The third-order valence-electron chi connectivity index (χ3n) is 5.00. The average Bonchev–Trinajstić information content (AvgIpc) is 2.54. The second-order valence-corrected chi connectivity index (χ2v) is 7.90. The molecule has 1 saturated heterocycles. The summed E-state index contributed by atoms with van der Waals surface area (Å²) in [4.78, 5) is 18.4. The first-order chi connectivity index (χ1) is 11.4. The lowest BCUT2D eigenvalue weighted by Crippen LogP contribution is -2.56. The van der Waals surface area contributed by atoms with Crippen molar-refractivity contribution in [3.05, 3.63) is 5.82 Å². The molecule has 0 bridgehead atoms. The summed E-state index contributed by atoms with van der Waals surface area (Å²) in [6.07, 6.45) is 6.36. The van der Waals surface area contributed by atoms with Crippen LogP contribution in [0.25, 0.3) is 0 Å². The Bertz CT molecular complexity index is 542. The van der Waals surface area contributed by atoms with Crippen LogP contribution in [0, 0.1) is 0 Å². The zero-order chi connectivity index (χ0) is 17.3. The van der Waals surface area contributed by atoms with Crippen molar-refractivity contribution in [2.24, 2.45) is 0 Å². The van der Waals surface area contributed by atoms with Crippen molar-refractivity contribution in [1.82, 2.24) is 15.0 Å². The molecule has 1 aliphatic heterocycles. The number of hydrogen-bond donors (Lipinski definition) is 0. The van der Waals surface area contributed by atoms with Gasteiger partial charge in [-0.1, -0.05) is 33.1 Å². The second-order valence-electron chi connectivity index (χ2n) is 7.90. The Morgan fingerprint density at radius 3 is 2.46 bits per heavy atom. The third kappa shape index (κ3) is 3.63. The molecule has 24 heavy (non-hydrogen) atoms. The van der Waals surface area contributed by atoms with E-state index >= 15 is 0 Å². The van der Waals surface area contributed by atoms with Gasteiger partial charge in [-0.15, -0.1) is 0 Å². The van der Waals surface area contributed by atoms with Crippen LogP contribution >= 0.6 is 0 Å². The van der Waals surface area contributed by atoms with Crippen LogP contribution in [0.2, 0.25) is 0 Å². The zero-order valence-corrected chi connectivity index (χ0v) is 15.7. The molecule has 2 heterocycles. The highest BCUT2D eigenvalue weighted by Gasteiger charge is 2.41. The summed E-state index contributed by atoms with van der Waals surface area (Å²) in [5.41, 5.74) is -0.0151. The minimum atomic E-state index is -0.0151. The lowest BCUT2D eigenvalue weighted by Gasteiger charge is -2.47. The topological polar surface area (TPSA) is 54.4 Å². The quantitative estimate of drug-likeness (QED) is 0.847. The normalized spacial score (nSPS) is 23.8. The molecule has 134 valence electrons. The number of ether oxygens (including phenoxy) is 1. The third-order valence-corrected chi connectivity index (χ3v) is 5.00. The van der Waals surface area contributed by atoms with Crippen LogP contribution in [-0.2, 0) is 4.74 Å². The molecule has 1 aliphatic carbocycles. The summed E-state index contributed by atoms with van der Waals surface area (Å²) < 4.78 is 6.40. The van der Waals surface area contributed by atoms with Crippen molar-refractivity contribution in [3.8, 4) is 0 Å². The first-order valence-electron chi connectivity index (χ1n) is 9.25. The molecule has 1 unspecified atom stereocenters. The molecule has 3 rings (SSSR count). The number of rotatable bonds is 3. The summed E-state index contributed by atoms with van der Waals surface area (Å²) in [5, 5.41) is 0. The molecule has 6 nitrogen and oxygen atoms in total. The average molecular weight is 333 g/mol. The smallest absolute Gasteiger partial charge is 0.230 e. The zero-order valence-electron chi connectivity index (χ0n) is 15.7. The molecule has 1 aromatic rings. The minimum Gasteiger partial charge on any atom is -0.368 e. The molecule has 6 heteroatoms. The Kier molecular flexibility index (Phi) is 4.95. The molecule has 2 fully saturated rings. The van der Waals surface area contributed by atoms with Gasteiger partial charge in [-0.25, -0.2) is 0 Å². The molecule has 0 N–H and O–H groups in total. The van der Waals surface area contributed by atoms with Gasteiger partial charge in [-0.3, -0.25) is 0 Å². The molecule has 0 radical (unpaired) electrons. The van der Waals surface area contributed by atoms with E-state index in [-0.39, 0.29) is 17.6 Å². The summed E-state index contributed by atoms with van der Waals surface area (Å²) in [6.45, 7) is 8.16. The number of nitrogens with zero attached hydrogens (tertiary/aromatic N) is 5. The van der Waals surface area contributed by atoms with Crippen molar-refractivity contribution < 1.29 is 4.74 Å². The highest BCUT2D eigenvalue weighted by molar-refractivity contribution is 5.40. The van der Waals surface area contributed by atoms with Crippen LogP contribution in [0.1, 0.15) is 64.6 Å². The Morgan fingerprint density at radius 1 is 1.12 bits per heavy atom. The fourth-order valence-electron chi connectivity index (χ4n) is 3.82. The monoisotopic (exact) mass is 333 g/mol. The minimum absolute atomic E-state index is 0.0151. The van der Waals surface area contributed by atoms with Gasteiger partial charge in [0.1, 0.15) is 5.82 Å². The van der Waals surface area contributed by atoms with Crippen LogP contribution in [0.5, 0.6) is 0 Å². The summed E-state index contributed by atoms with van der Waals surface area (Å²) in [7, 11) is 3.96. The van der Waals surface area contributed by atoms with Crippen molar-refractivity contribution in [3.63, 3.8) is 0 Å². The molecule has 0 amide bonds. The Balaban J connectivity index is 1.91. The van der Waals surface area contributed by atoms with E-state index in [2.05, 4.69) is 30.7 Å². The highest BCUT2D eigenvalue weighted by atomic mass is 16.5. The maximum absolute atomic E-state index is 6.40. The molecule has 1 atom stereocenters. The number of hydrogen-bond acceptors (Lipinski definition) is 6. The fourth-order valence-corrected chi connectivity index (χ4v) is 3.82. The van der Waals surface area contributed by atoms with E-state index < -0.39 is 0 Å². The number of aromatic nitrogens is 3. The Labute approximate surface area is 145 Å². The SMILES string of the molecule is CC1CN(c2nc(C(C)C)nc(N(C)C)n2)CC2(CCCCC2)O1. The lowest BCUT2D eigenvalue weighted by atomic mass is 9.83. The van der Waals surface area contributed by atoms with Gasteiger partial charge in [-0.2, -0.15) is 15.0 Å². The lowest BCUT2D eigenvalue weighted by molar-refractivity contribution is -0.117. The van der Waals surface area contributed by atoms with E-state index in [1.165, 1.54) is 19.3 Å². The van der Waals surface area contributed by atoms with Crippen LogP contribution in [0.15, 0.2) is 0 Å². The summed E-state index contributed by atoms with van der Waals surface area (Å²) >= 11 is 0. The molecule has 0 aromatic carbocycles. The second kappa shape index (κ2) is 6.82. The molecule has 1 spiro atoms. The van der Waals surface area contributed by atoms with E-state index in [0.29, 0.717) is 0 Å². The van der Waals surface area contributed by atoms with Gasteiger partial charge < -0.3 is 14.5 Å². The maximum Gasteiger partial charge on any atom is 0.230 e. The van der Waals surface area contributed by atoms with E-state index in [1.54, 1.807) is 0 Å². The number of anilines is 2. The van der Waals surface area contributed by atoms with Crippen molar-refractivity contribution in [2.45, 2.75) is 70.5 Å². The van der Waals surface area contributed by atoms with E-state index in [9.17, 15) is 0 Å². The van der Waals surface area contributed by atoms with Crippen LogP contribution in [0.4, 0.5) is 11.9 Å².